The first kappa shape index (κ1) is 13.5. The molecule has 3 rings (SSSR count). The molecule has 0 aliphatic heterocycles. The van der Waals surface area contributed by atoms with E-state index < -0.39 is 4.92 Å². The Hall–Kier alpha value is -2.43. The van der Waals surface area contributed by atoms with Crippen molar-refractivity contribution < 1.29 is 9.31 Å². The van der Waals surface area contributed by atoms with E-state index in [1.54, 1.807) is 18.2 Å². The quantitative estimate of drug-likeness (QED) is 0.681. The molecule has 2 aromatic carbocycles. The summed E-state index contributed by atoms with van der Waals surface area (Å²) in [5, 5.41) is 14.3. The molecule has 0 saturated heterocycles. The molecule has 0 spiro atoms. The highest BCUT2D eigenvalue weighted by Gasteiger charge is 2.26. The Balaban J connectivity index is 1.93. The number of nitro benzene ring substituents is 1. The minimum atomic E-state index is -0.392. The minimum absolute atomic E-state index is 0.0554. The molecule has 0 saturated carbocycles. The summed E-state index contributed by atoms with van der Waals surface area (Å²) in [5.41, 5.74) is 2.98. The number of rotatable bonds is 3. The van der Waals surface area contributed by atoms with Crippen molar-refractivity contribution in [3.05, 3.63) is 69.0 Å². The Kier molecular flexibility index (Phi) is 3.33. The minimum Gasteiger partial charge on any atom is -0.373 e. The second kappa shape index (κ2) is 5.16. The number of hydrogen-bond donors (Lipinski definition) is 1. The summed E-state index contributed by atoms with van der Waals surface area (Å²) in [5.74, 6) is -0.199. The molecule has 2 aromatic rings. The van der Waals surface area contributed by atoms with Crippen LogP contribution in [0.4, 0.5) is 15.8 Å². The topological polar surface area (TPSA) is 55.2 Å². The fourth-order valence-corrected chi connectivity index (χ4v) is 2.86. The second-order valence-corrected chi connectivity index (χ2v) is 5.32. The van der Waals surface area contributed by atoms with E-state index in [1.807, 2.05) is 19.1 Å². The molecule has 0 radical (unpaired) electrons. The number of anilines is 1. The number of benzene rings is 2. The van der Waals surface area contributed by atoms with Crippen LogP contribution in [0, 0.1) is 22.9 Å². The van der Waals surface area contributed by atoms with E-state index in [9.17, 15) is 14.5 Å². The van der Waals surface area contributed by atoms with Crippen molar-refractivity contribution in [3.63, 3.8) is 0 Å². The van der Waals surface area contributed by atoms with Crippen LogP contribution in [0.15, 0.2) is 36.4 Å². The maximum absolute atomic E-state index is 13.7. The van der Waals surface area contributed by atoms with Gasteiger partial charge in [0.15, 0.2) is 0 Å². The van der Waals surface area contributed by atoms with E-state index in [0.29, 0.717) is 17.7 Å². The molecule has 108 valence electrons. The van der Waals surface area contributed by atoms with E-state index in [0.717, 1.165) is 17.5 Å². The van der Waals surface area contributed by atoms with Crippen molar-refractivity contribution in [3.8, 4) is 0 Å². The molecule has 1 aliphatic rings. The summed E-state index contributed by atoms with van der Waals surface area (Å²) < 4.78 is 13.7. The summed E-state index contributed by atoms with van der Waals surface area (Å²) >= 11 is 0. The van der Waals surface area contributed by atoms with Crippen molar-refractivity contribution in [2.24, 2.45) is 0 Å². The SMILES string of the molecule is Cc1ccc(NC2CCc3c(F)cccc32)c([N+](=O)[O-])c1. The zero-order chi connectivity index (χ0) is 15.0. The summed E-state index contributed by atoms with van der Waals surface area (Å²) in [6, 6.07) is 10.0. The van der Waals surface area contributed by atoms with Crippen LogP contribution in [0.1, 0.15) is 29.2 Å². The average Bonchev–Trinajstić information content (AvgIpc) is 2.85. The lowest BCUT2D eigenvalue weighted by Crippen LogP contribution is -2.09. The van der Waals surface area contributed by atoms with Crippen LogP contribution >= 0.6 is 0 Å². The largest absolute Gasteiger partial charge is 0.373 e. The van der Waals surface area contributed by atoms with Crippen LogP contribution < -0.4 is 5.32 Å². The summed E-state index contributed by atoms with van der Waals surface area (Å²) in [4.78, 5) is 10.8. The lowest BCUT2D eigenvalue weighted by atomic mass is 10.1. The maximum Gasteiger partial charge on any atom is 0.292 e. The summed E-state index contributed by atoms with van der Waals surface area (Å²) in [7, 11) is 0. The van der Waals surface area contributed by atoms with Gasteiger partial charge in [0.1, 0.15) is 11.5 Å². The molecular weight excluding hydrogens is 271 g/mol. The van der Waals surface area contributed by atoms with Gasteiger partial charge >= 0.3 is 0 Å². The monoisotopic (exact) mass is 286 g/mol. The molecule has 0 heterocycles. The van der Waals surface area contributed by atoms with Crippen molar-refractivity contribution in [2.45, 2.75) is 25.8 Å². The number of halogens is 1. The Morgan fingerprint density at radius 1 is 1.33 bits per heavy atom. The zero-order valence-electron chi connectivity index (χ0n) is 11.6. The Bertz CT molecular complexity index is 715. The molecule has 1 aliphatic carbocycles. The van der Waals surface area contributed by atoms with Crippen LogP contribution in [0.25, 0.3) is 0 Å². The molecule has 1 N–H and O–H groups in total. The Morgan fingerprint density at radius 2 is 2.14 bits per heavy atom. The standard InChI is InChI=1S/C16H15FN2O2/c1-10-5-7-15(16(9-10)19(20)21)18-14-8-6-11-12(14)3-2-4-13(11)17/h2-5,7,9,14,18H,6,8H2,1H3. The second-order valence-electron chi connectivity index (χ2n) is 5.32. The van der Waals surface area contributed by atoms with Gasteiger partial charge in [0.2, 0.25) is 0 Å². The highest BCUT2D eigenvalue weighted by molar-refractivity contribution is 5.64. The van der Waals surface area contributed by atoms with Crippen LogP contribution in [0.5, 0.6) is 0 Å². The number of nitrogens with one attached hydrogen (secondary N) is 1. The molecule has 0 bridgehead atoms. The first-order chi connectivity index (χ1) is 10.1. The van der Waals surface area contributed by atoms with Crippen LogP contribution in [0.3, 0.4) is 0 Å². The molecule has 0 aromatic heterocycles. The van der Waals surface area contributed by atoms with Crippen molar-refractivity contribution in [2.75, 3.05) is 5.32 Å². The van der Waals surface area contributed by atoms with Crippen LogP contribution in [0.2, 0.25) is 0 Å². The summed E-state index contributed by atoms with van der Waals surface area (Å²) in [6.45, 7) is 1.82. The molecule has 0 fully saturated rings. The van der Waals surface area contributed by atoms with E-state index in [-0.39, 0.29) is 17.5 Å². The highest BCUT2D eigenvalue weighted by Crippen LogP contribution is 2.37. The molecular formula is C16H15FN2O2. The third-order valence-corrected chi connectivity index (χ3v) is 3.89. The lowest BCUT2D eigenvalue weighted by Gasteiger charge is -2.16. The highest BCUT2D eigenvalue weighted by atomic mass is 19.1. The van der Waals surface area contributed by atoms with Crippen molar-refractivity contribution >= 4 is 11.4 Å². The number of nitro groups is 1. The number of fused-ring (bicyclic) bond motifs is 1. The van der Waals surface area contributed by atoms with E-state index in [2.05, 4.69) is 5.32 Å². The van der Waals surface area contributed by atoms with E-state index in [1.165, 1.54) is 6.07 Å². The van der Waals surface area contributed by atoms with Gasteiger partial charge in [-0.1, -0.05) is 18.2 Å². The van der Waals surface area contributed by atoms with Crippen LogP contribution in [-0.2, 0) is 6.42 Å². The first-order valence-corrected chi connectivity index (χ1v) is 6.85. The molecule has 0 amide bonds. The van der Waals surface area contributed by atoms with Crippen molar-refractivity contribution in [1.29, 1.82) is 0 Å². The average molecular weight is 286 g/mol. The van der Waals surface area contributed by atoms with Gasteiger partial charge < -0.3 is 5.32 Å². The van der Waals surface area contributed by atoms with Crippen molar-refractivity contribution in [1.82, 2.24) is 0 Å². The number of aryl methyl sites for hydroxylation is 1. The van der Waals surface area contributed by atoms with Gasteiger partial charge in [0.25, 0.3) is 5.69 Å². The number of hydrogen-bond acceptors (Lipinski definition) is 3. The van der Waals surface area contributed by atoms with Gasteiger partial charge in [0.05, 0.1) is 11.0 Å². The summed E-state index contributed by atoms with van der Waals surface area (Å²) in [6.07, 6.45) is 1.39. The van der Waals surface area contributed by atoms with Gasteiger partial charge in [0, 0.05) is 6.07 Å². The smallest absolute Gasteiger partial charge is 0.292 e. The van der Waals surface area contributed by atoms with Gasteiger partial charge in [-0.15, -0.1) is 0 Å². The van der Waals surface area contributed by atoms with Gasteiger partial charge in [-0.25, -0.2) is 4.39 Å². The first-order valence-electron chi connectivity index (χ1n) is 6.85. The maximum atomic E-state index is 13.7. The zero-order valence-corrected chi connectivity index (χ0v) is 11.6. The predicted molar refractivity (Wildman–Crippen MR) is 78.9 cm³/mol. The molecule has 1 unspecified atom stereocenters. The van der Waals surface area contributed by atoms with Crippen LogP contribution in [-0.4, -0.2) is 4.92 Å². The molecule has 5 heteroatoms. The van der Waals surface area contributed by atoms with E-state index >= 15 is 0 Å². The fraction of sp³-hybridized carbons (Fsp3) is 0.250. The Morgan fingerprint density at radius 3 is 2.90 bits per heavy atom. The fourth-order valence-electron chi connectivity index (χ4n) is 2.86. The molecule has 4 nitrogen and oxygen atoms in total. The number of nitrogens with zero attached hydrogens (tertiary/aromatic N) is 1. The molecule has 21 heavy (non-hydrogen) atoms. The Labute approximate surface area is 121 Å². The molecule has 1 atom stereocenters. The van der Waals surface area contributed by atoms with E-state index in [4.69, 9.17) is 0 Å². The van der Waals surface area contributed by atoms with Gasteiger partial charge in [-0.2, -0.15) is 0 Å². The van der Waals surface area contributed by atoms with Gasteiger partial charge in [-0.05, 0) is 48.6 Å². The van der Waals surface area contributed by atoms with Gasteiger partial charge in [-0.3, -0.25) is 10.1 Å². The third-order valence-electron chi connectivity index (χ3n) is 3.89. The predicted octanol–water partition coefficient (Wildman–Crippen LogP) is 4.14. The normalized spacial score (nSPS) is 16.6. The third kappa shape index (κ3) is 2.46. The lowest BCUT2D eigenvalue weighted by molar-refractivity contribution is -0.384.